The lowest BCUT2D eigenvalue weighted by atomic mass is 9.83. The van der Waals surface area contributed by atoms with Crippen molar-refractivity contribution in [2.75, 3.05) is 0 Å². The van der Waals surface area contributed by atoms with E-state index in [0.29, 0.717) is 0 Å². The largest absolute Gasteiger partial charge is 0.456 e. The summed E-state index contributed by atoms with van der Waals surface area (Å²) in [5.74, 6) is 0. The van der Waals surface area contributed by atoms with Gasteiger partial charge in [-0.1, -0.05) is 90.1 Å². The third-order valence-electron chi connectivity index (χ3n) is 10.6. The van der Waals surface area contributed by atoms with E-state index in [2.05, 4.69) is 154 Å². The highest BCUT2D eigenvalue weighted by Crippen LogP contribution is 2.46. The van der Waals surface area contributed by atoms with E-state index < -0.39 is 0 Å². The number of hydrogen-bond donors (Lipinski definition) is 0. The molecule has 5 heteroatoms. The number of aromatic nitrogens is 3. The Bertz CT molecular complexity index is 2980. The van der Waals surface area contributed by atoms with Crippen LogP contribution < -0.4 is 0 Å². The van der Waals surface area contributed by atoms with Crippen LogP contribution in [-0.4, -0.2) is 14.4 Å². The van der Waals surface area contributed by atoms with Crippen LogP contribution in [0.2, 0.25) is 0 Å². The van der Waals surface area contributed by atoms with Crippen LogP contribution in [0.4, 0.5) is 0 Å². The van der Waals surface area contributed by atoms with Crippen LogP contribution in [0.5, 0.6) is 0 Å². The highest BCUT2D eigenvalue weighted by Gasteiger charge is 2.26. The molecule has 0 saturated carbocycles. The average Bonchev–Trinajstić information content (AvgIpc) is 3.81. The van der Waals surface area contributed by atoms with Crippen LogP contribution in [0.1, 0.15) is 52.7 Å². The molecule has 51 heavy (non-hydrogen) atoms. The van der Waals surface area contributed by atoms with Crippen LogP contribution in [0.3, 0.4) is 0 Å². The van der Waals surface area contributed by atoms with Gasteiger partial charge in [0.05, 0.1) is 22.2 Å². The molecule has 5 heterocycles. The Morgan fingerprint density at radius 3 is 2.20 bits per heavy atom. The molecule has 0 aliphatic heterocycles. The summed E-state index contributed by atoms with van der Waals surface area (Å²) in [4.78, 5) is 10.5. The quantitative estimate of drug-likeness (QED) is 0.187. The van der Waals surface area contributed by atoms with E-state index >= 15 is 0 Å². The van der Waals surface area contributed by atoms with Crippen LogP contribution >= 0.6 is 11.3 Å². The first kappa shape index (κ1) is 30.3. The fraction of sp³-hybridized carbons (Fsp3) is 0.174. The maximum atomic E-state index is 6.62. The van der Waals surface area contributed by atoms with Crippen LogP contribution in [0.15, 0.2) is 119 Å². The Labute approximate surface area is 300 Å². The molecular formula is C46H37N3OS. The lowest BCUT2D eigenvalue weighted by molar-refractivity contribution is 0.588. The summed E-state index contributed by atoms with van der Waals surface area (Å²) in [6.45, 7) is 13.6. The summed E-state index contributed by atoms with van der Waals surface area (Å²) in [5.41, 5.74) is 15.1. The SMILES string of the molecule is CC(C)(C)c1cc(-c2cc(-c3ccccc3)ccn2)cc(-c2cccc3c2nc2c4cc(C(C)(C)C)cc5oc6ccc7scc(c7c6c54)n32)c1. The fourth-order valence-corrected chi connectivity index (χ4v) is 8.73. The van der Waals surface area contributed by atoms with E-state index in [0.717, 1.165) is 72.1 Å². The van der Waals surface area contributed by atoms with Crippen molar-refractivity contribution < 1.29 is 4.42 Å². The maximum Gasteiger partial charge on any atom is 0.146 e. The number of nitrogens with zero attached hydrogens (tertiary/aromatic N) is 3. The smallest absolute Gasteiger partial charge is 0.146 e. The molecule has 0 fully saturated rings. The molecule has 0 radical (unpaired) electrons. The standard InChI is InChI=1S/C46H37N3OS/c1-45(2,3)30-20-28(19-29(21-30)34-22-27(17-18-47-34)26-11-8-7-9-12-26)32-13-10-14-35-43(32)48-44-33-23-31(46(4,5)6)24-38-40(33)42-37(50-38)15-16-39-41(42)36(25-51-39)49(35)44/h7-25H,1-6H3. The van der Waals surface area contributed by atoms with E-state index in [1.165, 1.54) is 32.2 Å². The highest BCUT2D eigenvalue weighted by atomic mass is 32.1. The number of benzene rings is 5. The Morgan fingerprint density at radius 2 is 1.39 bits per heavy atom. The number of para-hydroxylation sites is 1. The molecule has 0 bridgehead atoms. The molecule has 0 amide bonds. The first-order chi connectivity index (χ1) is 24.5. The van der Waals surface area contributed by atoms with Gasteiger partial charge in [-0.3, -0.25) is 9.38 Å². The number of fused-ring (bicyclic) bond motifs is 5. The second-order valence-corrected chi connectivity index (χ2v) is 16.9. The molecule has 10 aromatic rings. The first-order valence-corrected chi connectivity index (χ1v) is 18.5. The number of rotatable bonds is 3. The molecule has 0 aliphatic carbocycles. The molecule has 0 aliphatic rings. The topological polar surface area (TPSA) is 43.3 Å². The normalized spacial score (nSPS) is 12.9. The highest BCUT2D eigenvalue weighted by molar-refractivity contribution is 7.18. The molecule has 0 saturated heterocycles. The Balaban J connectivity index is 1.29. The number of imidazole rings is 1. The van der Waals surface area contributed by atoms with Crippen LogP contribution in [0.25, 0.3) is 93.1 Å². The van der Waals surface area contributed by atoms with Crippen molar-refractivity contribution in [1.82, 2.24) is 14.4 Å². The van der Waals surface area contributed by atoms with Gasteiger partial charge >= 0.3 is 0 Å². The summed E-state index contributed by atoms with van der Waals surface area (Å²) in [7, 11) is 0. The predicted molar refractivity (Wildman–Crippen MR) is 216 cm³/mol. The summed E-state index contributed by atoms with van der Waals surface area (Å²) < 4.78 is 10.3. The van der Waals surface area contributed by atoms with E-state index in [4.69, 9.17) is 14.4 Å². The lowest BCUT2D eigenvalue weighted by Crippen LogP contribution is -2.11. The third-order valence-corrected chi connectivity index (χ3v) is 11.5. The first-order valence-electron chi connectivity index (χ1n) is 17.6. The monoisotopic (exact) mass is 679 g/mol. The number of furan rings is 1. The van der Waals surface area contributed by atoms with Gasteiger partial charge in [0.25, 0.3) is 0 Å². The molecular weight excluding hydrogens is 643 g/mol. The molecule has 5 aromatic carbocycles. The summed E-state index contributed by atoms with van der Waals surface area (Å²) >= 11 is 1.78. The Morgan fingerprint density at radius 1 is 0.608 bits per heavy atom. The minimum atomic E-state index is -0.0707. The molecule has 0 unspecified atom stereocenters. The van der Waals surface area contributed by atoms with Gasteiger partial charge in [-0.2, -0.15) is 0 Å². The molecule has 248 valence electrons. The average molecular weight is 680 g/mol. The minimum Gasteiger partial charge on any atom is -0.456 e. The van der Waals surface area contributed by atoms with E-state index in [1.54, 1.807) is 11.3 Å². The zero-order chi connectivity index (χ0) is 34.8. The second kappa shape index (κ2) is 10.5. The van der Waals surface area contributed by atoms with Gasteiger partial charge in [-0.15, -0.1) is 11.3 Å². The molecule has 10 rings (SSSR count). The van der Waals surface area contributed by atoms with Crippen molar-refractivity contribution in [3.63, 3.8) is 0 Å². The van der Waals surface area contributed by atoms with Crippen molar-refractivity contribution in [2.45, 2.75) is 52.4 Å². The Kier molecular flexibility index (Phi) is 6.24. The maximum absolute atomic E-state index is 6.62. The molecule has 0 atom stereocenters. The number of pyridine rings is 1. The van der Waals surface area contributed by atoms with Crippen LogP contribution in [0, 0.1) is 0 Å². The minimum absolute atomic E-state index is 0.0623. The van der Waals surface area contributed by atoms with E-state index in [9.17, 15) is 0 Å². The van der Waals surface area contributed by atoms with Gasteiger partial charge in [0, 0.05) is 48.9 Å². The predicted octanol–water partition coefficient (Wildman–Crippen LogP) is 13.2. The van der Waals surface area contributed by atoms with Crippen molar-refractivity contribution >= 4 is 70.9 Å². The van der Waals surface area contributed by atoms with Gasteiger partial charge in [0.1, 0.15) is 16.8 Å². The number of hydrogen-bond acceptors (Lipinski definition) is 4. The zero-order valence-corrected chi connectivity index (χ0v) is 30.4. The van der Waals surface area contributed by atoms with Gasteiger partial charge in [0.15, 0.2) is 0 Å². The van der Waals surface area contributed by atoms with Gasteiger partial charge in [-0.05, 0) is 93.2 Å². The van der Waals surface area contributed by atoms with Gasteiger partial charge in [-0.25, -0.2) is 4.98 Å². The summed E-state index contributed by atoms with van der Waals surface area (Å²) in [5, 5.41) is 7.00. The zero-order valence-electron chi connectivity index (χ0n) is 29.6. The third kappa shape index (κ3) is 4.57. The summed E-state index contributed by atoms with van der Waals surface area (Å²) in [6.07, 6.45) is 1.92. The van der Waals surface area contributed by atoms with Crippen LogP contribution in [-0.2, 0) is 10.8 Å². The van der Waals surface area contributed by atoms with Crippen molar-refractivity contribution in [3.8, 4) is 33.5 Å². The fourth-order valence-electron chi connectivity index (χ4n) is 7.79. The number of thiophene rings is 1. The van der Waals surface area contributed by atoms with Gasteiger partial charge in [0.2, 0.25) is 0 Å². The second-order valence-electron chi connectivity index (χ2n) is 16.0. The lowest BCUT2D eigenvalue weighted by Gasteiger charge is -2.22. The molecule has 0 spiro atoms. The molecule has 4 nitrogen and oxygen atoms in total. The van der Waals surface area contributed by atoms with Crippen molar-refractivity contribution in [1.29, 1.82) is 0 Å². The van der Waals surface area contributed by atoms with E-state index in [1.807, 2.05) is 6.20 Å². The van der Waals surface area contributed by atoms with E-state index in [-0.39, 0.29) is 10.8 Å². The molecule has 5 aromatic heterocycles. The Hall–Kier alpha value is -5.52. The van der Waals surface area contributed by atoms with Crippen molar-refractivity contribution in [3.05, 3.63) is 126 Å². The summed E-state index contributed by atoms with van der Waals surface area (Å²) in [6, 6.07) is 37.3. The van der Waals surface area contributed by atoms with Gasteiger partial charge < -0.3 is 4.42 Å². The molecule has 0 N–H and O–H groups in total. The van der Waals surface area contributed by atoms with Crippen molar-refractivity contribution in [2.24, 2.45) is 0 Å².